The molecule has 0 radical (unpaired) electrons. The summed E-state index contributed by atoms with van der Waals surface area (Å²) in [5.74, 6) is 1.21. The third-order valence-electron chi connectivity index (χ3n) is 2.40. The Hall–Kier alpha value is -2.14. The van der Waals surface area contributed by atoms with Crippen LogP contribution in [0.2, 0.25) is 0 Å². The minimum absolute atomic E-state index is 0.273. The Morgan fingerprint density at radius 1 is 1.47 bits per heavy atom. The maximum absolute atomic E-state index is 6.10. The lowest BCUT2D eigenvalue weighted by Gasteiger charge is -2.13. The standard InChI is InChI=1S/C13H16ClN3O2/c1-8(18-2)6-9(10(14)7-15)12-11(19-3)4-5-17-13(12)16/h4-7H,1,15H2,2-3H3,(H2,16,17)/b9-6+,10-7+. The molecule has 19 heavy (non-hydrogen) atoms. The normalized spacial score (nSPS) is 12.2. The van der Waals surface area contributed by atoms with Crippen LogP contribution in [0.4, 0.5) is 5.82 Å². The lowest BCUT2D eigenvalue weighted by molar-refractivity contribution is 0.309. The average Bonchev–Trinajstić information content (AvgIpc) is 2.43. The van der Waals surface area contributed by atoms with Gasteiger partial charge >= 0.3 is 0 Å². The van der Waals surface area contributed by atoms with Gasteiger partial charge in [0.05, 0.1) is 24.8 Å². The Morgan fingerprint density at radius 2 is 2.16 bits per heavy atom. The fourth-order valence-electron chi connectivity index (χ4n) is 1.47. The van der Waals surface area contributed by atoms with Crippen LogP contribution in [0.1, 0.15) is 5.56 Å². The summed E-state index contributed by atoms with van der Waals surface area (Å²) in [5, 5.41) is 0.288. The van der Waals surface area contributed by atoms with E-state index in [4.69, 9.17) is 32.5 Å². The molecule has 0 amide bonds. The van der Waals surface area contributed by atoms with E-state index in [-0.39, 0.29) is 10.9 Å². The Kier molecular flexibility index (Phi) is 5.26. The van der Waals surface area contributed by atoms with Crippen LogP contribution in [-0.2, 0) is 4.74 Å². The van der Waals surface area contributed by atoms with Crippen LogP contribution in [0, 0.1) is 0 Å². The number of nitrogen functional groups attached to an aromatic ring is 1. The summed E-state index contributed by atoms with van der Waals surface area (Å²) < 4.78 is 10.3. The molecular formula is C13H16ClN3O2. The summed E-state index contributed by atoms with van der Waals surface area (Å²) >= 11 is 6.10. The summed E-state index contributed by atoms with van der Waals surface area (Å²) in [7, 11) is 3.03. The summed E-state index contributed by atoms with van der Waals surface area (Å²) in [4.78, 5) is 4.02. The molecule has 102 valence electrons. The van der Waals surface area contributed by atoms with E-state index in [1.165, 1.54) is 20.4 Å². The van der Waals surface area contributed by atoms with Crippen LogP contribution in [0.5, 0.6) is 5.75 Å². The molecule has 1 aromatic heterocycles. The SMILES string of the molecule is C=C(/C=C(\C(Cl)=C/N)c1c(OC)ccnc1N)OC. The van der Waals surface area contributed by atoms with Crippen molar-refractivity contribution in [1.29, 1.82) is 0 Å². The molecule has 4 N–H and O–H groups in total. The second kappa shape index (κ2) is 6.70. The summed E-state index contributed by atoms with van der Waals surface area (Å²) in [6, 6.07) is 1.68. The third-order valence-corrected chi connectivity index (χ3v) is 2.73. The monoisotopic (exact) mass is 281 g/mol. The van der Waals surface area contributed by atoms with E-state index < -0.39 is 0 Å². The van der Waals surface area contributed by atoms with Crippen molar-refractivity contribution in [2.45, 2.75) is 0 Å². The van der Waals surface area contributed by atoms with Crippen LogP contribution >= 0.6 is 11.6 Å². The van der Waals surface area contributed by atoms with Gasteiger partial charge in [-0.1, -0.05) is 18.2 Å². The molecule has 1 rings (SSSR count). The maximum atomic E-state index is 6.10. The number of ether oxygens (including phenoxy) is 2. The molecule has 0 saturated heterocycles. The minimum atomic E-state index is 0.273. The van der Waals surface area contributed by atoms with E-state index in [9.17, 15) is 0 Å². The van der Waals surface area contributed by atoms with Gasteiger partial charge in [0.1, 0.15) is 17.3 Å². The first-order chi connectivity index (χ1) is 9.04. The first kappa shape index (κ1) is 14.9. The highest BCUT2D eigenvalue weighted by Gasteiger charge is 2.16. The summed E-state index contributed by atoms with van der Waals surface area (Å²) in [6.45, 7) is 3.71. The van der Waals surface area contributed by atoms with Crippen LogP contribution in [0.3, 0.4) is 0 Å². The molecule has 1 aromatic rings. The second-order valence-electron chi connectivity index (χ2n) is 3.52. The van der Waals surface area contributed by atoms with Gasteiger partial charge < -0.3 is 20.9 Å². The van der Waals surface area contributed by atoms with Crippen molar-refractivity contribution in [3.8, 4) is 5.75 Å². The van der Waals surface area contributed by atoms with Crippen molar-refractivity contribution in [2.24, 2.45) is 5.73 Å². The quantitative estimate of drug-likeness (QED) is 0.639. The second-order valence-corrected chi connectivity index (χ2v) is 3.92. The van der Waals surface area contributed by atoms with Gasteiger partial charge in [0.15, 0.2) is 0 Å². The molecule has 1 heterocycles. The van der Waals surface area contributed by atoms with E-state index in [0.717, 1.165) is 0 Å². The first-order valence-corrected chi connectivity index (χ1v) is 5.74. The van der Waals surface area contributed by atoms with Gasteiger partial charge in [-0.25, -0.2) is 4.98 Å². The third kappa shape index (κ3) is 3.42. The van der Waals surface area contributed by atoms with Gasteiger partial charge in [-0.3, -0.25) is 0 Å². The lowest BCUT2D eigenvalue weighted by atomic mass is 10.0. The summed E-state index contributed by atoms with van der Waals surface area (Å²) in [5.41, 5.74) is 12.4. The molecule has 0 aliphatic rings. The van der Waals surface area contributed by atoms with Crippen molar-refractivity contribution in [3.05, 3.63) is 47.5 Å². The predicted molar refractivity (Wildman–Crippen MR) is 77.5 cm³/mol. The van der Waals surface area contributed by atoms with Gasteiger partial charge in [-0.15, -0.1) is 0 Å². The predicted octanol–water partition coefficient (Wildman–Crippen LogP) is 2.25. The highest BCUT2D eigenvalue weighted by molar-refractivity contribution is 6.37. The Balaban J connectivity index is 3.50. The van der Waals surface area contributed by atoms with Crippen molar-refractivity contribution < 1.29 is 9.47 Å². The number of nitrogens with zero attached hydrogens (tertiary/aromatic N) is 1. The topological polar surface area (TPSA) is 83.4 Å². The van der Waals surface area contributed by atoms with Crippen LogP contribution < -0.4 is 16.2 Å². The molecule has 0 bridgehead atoms. The zero-order chi connectivity index (χ0) is 14.4. The molecule has 0 fully saturated rings. The zero-order valence-electron chi connectivity index (χ0n) is 10.8. The highest BCUT2D eigenvalue weighted by atomic mass is 35.5. The van der Waals surface area contributed by atoms with Crippen molar-refractivity contribution in [1.82, 2.24) is 4.98 Å². The Labute approximate surface area is 117 Å². The number of methoxy groups -OCH3 is 2. The molecule has 0 aliphatic heterocycles. The number of hydrogen-bond donors (Lipinski definition) is 2. The zero-order valence-corrected chi connectivity index (χ0v) is 11.6. The van der Waals surface area contributed by atoms with Crippen LogP contribution in [0.25, 0.3) is 5.57 Å². The molecule has 6 heteroatoms. The van der Waals surface area contributed by atoms with E-state index in [1.54, 1.807) is 18.3 Å². The average molecular weight is 282 g/mol. The first-order valence-electron chi connectivity index (χ1n) is 5.36. The van der Waals surface area contributed by atoms with E-state index >= 15 is 0 Å². The molecule has 0 aliphatic carbocycles. The fourth-order valence-corrected chi connectivity index (χ4v) is 1.62. The fraction of sp³-hybridized carbons (Fsp3) is 0.154. The van der Waals surface area contributed by atoms with Crippen LogP contribution in [0.15, 0.2) is 41.9 Å². The minimum Gasteiger partial charge on any atom is -0.497 e. The number of nitrogens with two attached hydrogens (primary N) is 2. The molecule has 0 atom stereocenters. The van der Waals surface area contributed by atoms with Crippen molar-refractivity contribution in [2.75, 3.05) is 20.0 Å². The number of aromatic nitrogens is 1. The number of pyridine rings is 1. The number of halogens is 1. The number of allylic oxidation sites excluding steroid dienone is 3. The van der Waals surface area contributed by atoms with Gasteiger partial charge in [0, 0.05) is 18.0 Å². The highest BCUT2D eigenvalue weighted by Crippen LogP contribution is 2.36. The van der Waals surface area contributed by atoms with Crippen molar-refractivity contribution in [3.63, 3.8) is 0 Å². The lowest BCUT2D eigenvalue weighted by Crippen LogP contribution is -2.02. The molecular weight excluding hydrogens is 266 g/mol. The van der Waals surface area contributed by atoms with Gasteiger partial charge in [0.2, 0.25) is 0 Å². The molecule has 0 aromatic carbocycles. The van der Waals surface area contributed by atoms with E-state index in [0.29, 0.717) is 22.6 Å². The summed E-state index contributed by atoms with van der Waals surface area (Å²) in [6.07, 6.45) is 4.41. The van der Waals surface area contributed by atoms with Gasteiger partial charge in [-0.2, -0.15) is 0 Å². The van der Waals surface area contributed by atoms with Crippen LogP contribution in [-0.4, -0.2) is 19.2 Å². The number of rotatable bonds is 5. The Morgan fingerprint density at radius 3 is 2.68 bits per heavy atom. The smallest absolute Gasteiger partial charge is 0.135 e. The van der Waals surface area contributed by atoms with E-state index in [2.05, 4.69) is 11.6 Å². The molecule has 0 spiro atoms. The van der Waals surface area contributed by atoms with Crippen molar-refractivity contribution >= 4 is 23.0 Å². The van der Waals surface area contributed by atoms with Gasteiger partial charge in [-0.05, 0) is 12.1 Å². The largest absolute Gasteiger partial charge is 0.497 e. The number of anilines is 1. The van der Waals surface area contributed by atoms with Gasteiger partial charge in [0.25, 0.3) is 0 Å². The molecule has 5 nitrogen and oxygen atoms in total. The molecule has 0 unspecified atom stereocenters. The maximum Gasteiger partial charge on any atom is 0.135 e. The van der Waals surface area contributed by atoms with E-state index in [1.807, 2.05) is 0 Å². The Bertz CT molecular complexity index is 539. The molecule has 0 saturated carbocycles. The number of hydrogen-bond acceptors (Lipinski definition) is 5.